The number of nitrogens with two attached hydrogens (primary N) is 2. The summed E-state index contributed by atoms with van der Waals surface area (Å²) in [6.45, 7) is 4.93. The first kappa shape index (κ1) is 31.7. The number of aliphatic carboxylic acids is 1. The highest BCUT2D eigenvalue weighted by molar-refractivity contribution is 7.92. The van der Waals surface area contributed by atoms with Crippen molar-refractivity contribution in [3.05, 3.63) is 57.5 Å². The van der Waals surface area contributed by atoms with Gasteiger partial charge in [-0.2, -0.15) is 13.2 Å². The number of aryl methyl sites for hydroxylation is 3. The zero-order valence-corrected chi connectivity index (χ0v) is 21.3. The van der Waals surface area contributed by atoms with Crippen LogP contribution in [0.1, 0.15) is 16.8 Å². The molecule has 1 amide bonds. The van der Waals surface area contributed by atoms with Crippen molar-refractivity contribution < 1.29 is 41.1 Å². The molecule has 38 heavy (non-hydrogen) atoms. The van der Waals surface area contributed by atoms with Crippen molar-refractivity contribution in [1.29, 1.82) is 0 Å². The summed E-state index contributed by atoms with van der Waals surface area (Å²) in [7, 11) is -3.99. The summed E-state index contributed by atoms with van der Waals surface area (Å²) in [6.07, 6.45) is -5.08. The maximum atomic E-state index is 12.8. The fourth-order valence-electron chi connectivity index (χ4n) is 2.70. The Balaban J connectivity index is 0.000000905. The number of halogens is 3. The molecular formula is C21H27F3N6O7S. The van der Waals surface area contributed by atoms with Crippen LogP contribution in [0.5, 0.6) is 0 Å². The first-order valence-corrected chi connectivity index (χ1v) is 12.0. The Labute approximate surface area is 215 Å². The molecule has 1 heterocycles. The largest absolute Gasteiger partial charge is 0.490 e. The summed E-state index contributed by atoms with van der Waals surface area (Å²) in [4.78, 5) is 38.7. The van der Waals surface area contributed by atoms with Crippen molar-refractivity contribution in [3.8, 4) is 0 Å². The van der Waals surface area contributed by atoms with E-state index < -0.39 is 33.6 Å². The molecular weight excluding hydrogens is 537 g/mol. The summed E-state index contributed by atoms with van der Waals surface area (Å²) in [6, 6.07) is 7.95. The number of carbonyl (C=O) groups excluding carboxylic acids is 1. The minimum Gasteiger partial charge on any atom is -0.475 e. The molecule has 0 aliphatic rings. The number of benzene rings is 1. The van der Waals surface area contributed by atoms with Crippen molar-refractivity contribution in [2.45, 2.75) is 38.4 Å². The summed E-state index contributed by atoms with van der Waals surface area (Å²) in [5.41, 5.74) is 11.2. The first-order chi connectivity index (χ1) is 17.5. The van der Waals surface area contributed by atoms with Crippen LogP contribution in [0, 0.1) is 20.8 Å². The molecule has 1 aromatic heterocycles. The molecule has 0 aliphatic heterocycles. The highest BCUT2D eigenvalue weighted by Crippen LogP contribution is 2.19. The fourth-order valence-corrected chi connectivity index (χ4v) is 4.09. The average Bonchev–Trinajstić information content (AvgIpc) is 2.79. The van der Waals surface area contributed by atoms with E-state index in [1.165, 1.54) is 16.7 Å². The smallest absolute Gasteiger partial charge is 0.475 e. The number of alkyl halides is 3. The number of carboxylic acid groups (broad SMARTS) is 1. The van der Waals surface area contributed by atoms with Gasteiger partial charge in [0.1, 0.15) is 18.8 Å². The van der Waals surface area contributed by atoms with Crippen LogP contribution in [-0.2, 0) is 31.0 Å². The van der Waals surface area contributed by atoms with E-state index in [2.05, 4.69) is 15.2 Å². The second-order valence-electron chi connectivity index (χ2n) is 7.66. The van der Waals surface area contributed by atoms with E-state index in [1.54, 1.807) is 39.0 Å². The predicted octanol–water partition coefficient (Wildman–Crippen LogP) is 0.529. The predicted molar refractivity (Wildman–Crippen MR) is 131 cm³/mol. The van der Waals surface area contributed by atoms with Crippen molar-refractivity contribution in [1.82, 2.24) is 9.88 Å². The second kappa shape index (κ2) is 13.3. The van der Waals surface area contributed by atoms with E-state index in [0.717, 1.165) is 5.56 Å². The van der Waals surface area contributed by atoms with Crippen molar-refractivity contribution >= 4 is 33.5 Å². The third-order valence-corrected chi connectivity index (χ3v) is 6.01. The van der Waals surface area contributed by atoms with E-state index in [0.29, 0.717) is 11.3 Å². The quantitative estimate of drug-likeness (QED) is 0.124. The van der Waals surface area contributed by atoms with Crippen LogP contribution < -0.4 is 27.1 Å². The first-order valence-electron chi connectivity index (χ1n) is 10.5. The number of oxime groups is 1. The maximum absolute atomic E-state index is 12.8. The van der Waals surface area contributed by atoms with Gasteiger partial charge in [-0.1, -0.05) is 12.1 Å². The molecule has 0 unspecified atom stereocenters. The summed E-state index contributed by atoms with van der Waals surface area (Å²) >= 11 is 0. The minimum atomic E-state index is -5.08. The second-order valence-corrected chi connectivity index (χ2v) is 9.31. The number of hydrogen-bond acceptors (Lipinski definition) is 7. The van der Waals surface area contributed by atoms with Gasteiger partial charge in [-0.3, -0.25) is 14.3 Å². The Kier molecular flexibility index (Phi) is 11.1. The number of amides is 1. The van der Waals surface area contributed by atoms with Crippen LogP contribution in [0.15, 0.2) is 45.2 Å². The molecule has 0 atom stereocenters. The van der Waals surface area contributed by atoms with Gasteiger partial charge >= 0.3 is 12.1 Å². The topological polar surface area (TPSA) is 208 Å². The number of sulfonamides is 1. The Hall–Kier alpha value is -4.28. The molecule has 0 saturated heterocycles. The maximum Gasteiger partial charge on any atom is 0.490 e. The number of aromatic nitrogens is 1. The van der Waals surface area contributed by atoms with Gasteiger partial charge in [-0.25, -0.2) is 13.2 Å². The van der Waals surface area contributed by atoms with Gasteiger partial charge in [0.2, 0.25) is 11.9 Å². The number of pyridine rings is 1. The third kappa shape index (κ3) is 10.00. The number of carboxylic acids is 1. The van der Waals surface area contributed by atoms with Gasteiger partial charge < -0.3 is 31.3 Å². The Morgan fingerprint density at radius 2 is 1.74 bits per heavy atom. The Bertz CT molecular complexity index is 1350. The molecule has 0 spiro atoms. The van der Waals surface area contributed by atoms with Crippen LogP contribution in [0.4, 0.5) is 18.9 Å². The highest BCUT2D eigenvalue weighted by Gasteiger charge is 2.38. The number of nitrogens with one attached hydrogen (secondary N) is 2. The Morgan fingerprint density at radius 1 is 1.13 bits per heavy atom. The lowest BCUT2D eigenvalue weighted by Gasteiger charge is -2.14. The molecule has 2 rings (SSSR count). The zero-order chi connectivity index (χ0) is 29.3. The van der Waals surface area contributed by atoms with Crippen LogP contribution >= 0.6 is 0 Å². The lowest BCUT2D eigenvalue weighted by molar-refractivity contribution is -0.192. The molecule has 7 N–H and O–H groups in total. The van der Waals surface area contributed by atoms with E-state index in [-0.39, 0.29) is 36.2 Å². The van der Waals surface area contributed by atoms with Gasteiger partial charge in [0.05, 0.1) is 11.4 Å². The van der Waals surface area contributed by atoms with Crippen LogP contribution in [-0.4, -0.2) is 55.3 Å². The standard InChI is InChI=1S/C19H26N6O5S.C2HF3O2/c1-12-4-5-13(2)16(10-12)31(28,29)24-15-7-6-14(3)25(18(15)27)11-17(26)22-8-9-30-23-19(20)21;3-2(4,5)1(6)7/h4-7,10,24H,8-9,11H2,1-3H3,(H,22,26)(H4,20,21,23);(H,6,7). The summed E-state index contributed by atoms with van der Waals surface area (Å²) in [5.74, 6) is -3.46. The molecule has 0 saturated carbocycles. The number of anilines is 1. The molecule has 0 fully saturated rings. The lowest BCUT2D eigenvalue weighted by atomic mass is 10.2. The molecule has 2 aromatic rings. The number of guanidine groups is 1. The lowest BCUT2D eigenvalue weighted by Crippen LogP contribution is -2.36. The van der Waals surface area contributed by atoms with Gasteiger partial charge in [0.15, 0.2) is 0 Å². The molecule has 0 aliphatic carbocycles. The number of hydrogen-bond donors (Lipinski definition) is 5. The number of carbonyl (C=O) groups is 2. The van der Waals surface area contributed by atoms with Gasteiger partial charge in [-0.15, -0.1) is 0 Å². The average molecular weight is 565 g/mol. The van der Waals surface area contributed by atoms with Crippen molar-refractivity contribution in [3.63, 3.8) is 0 Å². The van der Waals surface area contributed by atoms with Gasteiger partial charge in [0, 0.05) is 5.69 Å². The number of rotatable bonds is 9. The Morgan fingerprint density at radius 3 is 2.29 bits per heavy atom. The van der Waals surface area contributed by atoms with E-state index in [1.807, 2.05) is 0 Å². The molecule has 17 heteroatoms. The van der Waals surface area contributed by atoms with E-state index in [9.17, 15) is 31.2 Å². The normalized spacial score (nSPS) is 11.0. The van der Waals surface area contributed by atoms with Crippen molar-refractivity contribution in [2.75, 3.05) is 17.9 Å². The third-order valence-electron chi connectivity index (χ3n) is 4.50. The van der Waals surface area contributed by atoms with Crippen LogP contribution in [0.25, 0.3) is 0 Å². The highest BCUT2D eigenvalue weighted by atomic mass is 32.2. The fraction of sp³-hybridized carbons (Fsp3) is 0.333. The molecule has 0 bridgehead atoms. The summed E-state index contributed by atoms with van der Waals surface area (Å²) in [5, 5.41) is 13.0. The number of nitrogens with zero attached hydrogens (tertiary/aromatic N) is 2. The molecule has 210 valence electrons. The minimum absolute atomic E-state index is 0.0349. The van der Waals surface area contributed by atoms with Gasteiger partial charge in [0.25, 0.3) is 15.6 Å². The van der Waals surface area contributed by atoms with Crippen molar-refractivity contribution in [2.24, 2.45) is 16.6 Å². The SMILES string of the molecule is Cc1ccc(C)c(S(=O)(=O)Nc2ccc(C)n(CC(=O)NCCON=C(N)N)c2=O)c1.O=C(O)C(F)(F)F. The zero-order valence-electron chi connectivity index (χ0n) is 20.5. The van der Waals surface area contributed by atoms with E-state index in [4.69, 9.17) is 26.2 Å². The van der Waals surface area contributed by atoms with E-state index >= 15 is 0 Å². The molecule has 13 nitrogen and oxygen atoms in total. The monoisotopic (exact) mass is 564 g/mol. The molecule has 1 aromatic carbocycles. The van der Waals surface area contributed by atoms with Gasteiger partial charge in [-0.05, 0) is 55.3 Å². The van der Waals surface area contributed by atoms with Crippen LogP contribution in [0.2, 0.25) is 0 Å². The summed E-state index contributed by atoms with van der Waals surface area (Å²) < 4.78 is 60.9. The molecule has 0 radical (unpaired) electrons. The van der Waals surface area contributed by atoms with Crippen LogP contribution in [0.3, 0.4) is 0 Å².